The van der Waals surface area contributed by atoms with Crippen LogP contribution in [0.1, 0.15) is 117 Å². The Kier molecular flexibility index (Phi) is 10.4. The molecule has 0 unspecified atom stereocenters. The normalized spacial score (nSPS) is 24.9. The predicted molar refractivity (Wildman–Crippen MR) is 140 cm³/mol. The third-order valence-electron chi connectivity index (χ3n) is 8.80. The Morgan fingerprint density at radius 1 is 0.526 bits per heavy atom. The van der Waals surface area contributed by atoms with Crippen molar-refractivity contribution in [2.45, 2.75) is 117 Å². The van der Waals surface area contributed by atoms with Crippen LogP contribution in [-0.4, -0.2) is 35.7 Å². The topological polar surface area (TPSA) is 151 Å². The Labute approximate surface area is 225 Å². The minimum Gasteiger partial charge on any atom is -0.277 e. The van der Waals surface area contributed by atoms with Crippen molar-refractivity contribution < 1.29 is 28.8 Å². The van der Waals surface area contributed by atoms with Crippen molar-refractivity contribution >= 4 is 35.7 Å². The second-order valence-electron chi connectivity index (χ2n) is 11.6. The van der Waals surface area contributed by atoms with E-state index in [-0.39, 0.29) is 11.8 Å². The molecular formula is C28H44N4O6. The number of carbonyl (C=O) groups excluding carboxylic acids is 6. The highest BCUT2D eigenvalue weighted by Crippen LogP contribution is 2.45. The summed E-state index contributed by atoms with van der Waals surface area (Å²) in [6.45, 7) is 4.20. The Balaban J connectivity index is 1.66. The number of barbiturate groups is 2. The largest absolute Gasteiger partial charge is 0.328 e. The fraction of sp³-hybridized carbons (Fsp3) is 0.786. The van der Waals surface area contributed by atoms with Crippen LogP contribution in [0.15, 0.2) is 0 Å². The van der Waals surface area contributed by atoms with Gasteiger partial charge in [-0.25, -0.2) is 9.59 Å². The van der Waals surface area contributed by atoms with E-state index in [1.807, 2.05) is 0 Å². The van der Waals surface area contributed by atoms with E-state index in [2.05, 4.69) is 35.1 Å². The highest BCUT2D eigenvalue weighted by molar-refractivity contribution is 6.19. The van der Waals surface area contributed by atoms with Gasteiger partial charge in [-0.15, -0.1) is 0 Å². The molecule has 1 aliphatic carbocycles. The second kappa shape index (κ2) is 13.3. The maximum Gasteiger partial charge on any atom is 0.328 e. The Bertz CT molecular complexity index is 810. The summed E-state index contributed by atoms with van der Waals surface area (Å²) < 4.78 is 0. The Morgan fingerprint density at radius 3 is 1.13 bits per heavy atom. The van der Waals surface area contributed by atoms with E-state index >= 15 is 0 Å². The molecule has 0 radical (unpaired) electrons. The molecule has 10 nitrogen and oxygen atoms in total. The number of carbonyl (C=O) groups is 6. The molecule has 2 saturated heterocycles. The summed E-state index contributed by atoms with van der Waals surface area (Å²) in [5, 5.41) is 9.26. The first-order chi connectivity index (χ1) is 18.2. The lowest BCUT2D eigenvalue weighted by Gasteiger charge is -2.41. The van der Waals surface area contributed by atoms with E-state index in [9.17, 15) is 28.8 Å². The van der Waals surface area contributed by atoms with Crippen molar-refractivity contribution in [2.24, 2.45) is 22.7 Å². The molecule has 2 aliphatic heterocycles. The third-order valence-corrected chi connectivity index (χ3v) is 8.80. The zero-order chi connectivity index (χ0) is 27.8. The first kappa shape index (κ1) is 29.8. The molecular weight excluding hydrogens is 488 g/mol. The summed E-state index contributed by atoms with van der Waals surface area (Å²) in [6.07, 6.45) is 12.1. The van der Waals surface area contributed by atoms with Crippen molar-refractivity contribution in [3.05, 3.63) is 0 Å². The highest BCUT2D eigenvalue weighted by Gasteiger charge is 2.53. The molecule has 3 rings (SSSR count). The van der Waals surface area contributed by atoms with Gasteiger partial charge >= 0.3 is 12.1 Å². The monoisotopic (exact) mass is 532 g/mol. The molecule has 10 heteroatoms. The molecule has 1 saturated carbocycles. The summed E-state index contributed by atoms with van der Waals surface area (Å²) in [5.41, 5.74) is -2.49. The molecule has 3 aliphatic rings. The van der Waals surface area contributed by atoms with Gasteiger partial charge in [0.05, 0.1) is 0 Å². The Morgan fingerprint density at radius 2 is 0.842 bits per heavy atom. The maximum atomic E-state index is 13.0. The maximum absolute atomic E-state index is 13.0. The van der Waals surface area contributed by atoms with E-state index in [4.69, 9.17) is 0 Å². The van der Waals surface area contributed by atoms with E-state index in [0.29, 0.717) is 25.7 Å². The van der Waals surface area contributed by atoms with E-state index in [1.54, 1.807) is 0 Å². The minimum atomic E-state index is -1.25. The first-order valence-corrected chi connectivity index (χ1v) is 14.5. The molecule has 8 amide bonds. The highest BCUT2D eigenvalue weighted by atomic mass is 16.2. The number of nitrogens with one attached hydrogen (secondary N) is 4. The van der Waals surface area contributed by atoms with Crippen LogP contribution >= 0.6 is 0 Å². The summed E-state index contributed by atoms with van der Waals surface area (Å²) >= 11 is 0. The van der Waals surface area contributed by atoms with E-state index in [0.717, 1.165) is 77.0 Å². The van der Waals surface area contributed by atoms with E-state index in [1.165, 1.54) is 0 Å². The van der Waals surface area contributed by atoms with Gasteiger partial charge < -0.3 is 0 Å². The van der Waals surface area contributed by atoms with Gasteiger partial charge in [0.2, 0.25) is 23.6 Å². The van der Waals surface area contributed by atoms with Gasteiger partial charge in [-0.2, -0.15) is 0 Å². The zero-order valence-electron chi connectivity index (χ0n) is 22.9. The van der Waals surface area contributed by atoms with Gasteiger partial charge in [0, 0.05) is 0 Å². The van der Waals surface area contributed by atoms with Crippen LogP contribution in [0.2, 0.25) is 0 Å². The zero-order valence-corrected chi connectivity index (χ0v) is 22.9. The van der Waals surface area contributed by atoms with Crippen molar-refractivity contribution in [1.29, 1.82) is 0 Å². The number of urea groups is 2. The van der Waals surface area contributed by atoms with Crippen LogP contribution in [0, 0.1) is 22.7 Å². The fourth-order valence-electron chi connectivity index (χ4n) is 6.52. The van der Waals surface area contributed by atoms with E-state index < -0.39 is 46.5 Å². The van der Waals surface area contributed by atoms with Crippen molar-refractivity contribution in [3.63, 3.8) is 0 Å². The number of amides is 8. The van der Waals surface area contributed by atoms with Crippen molar-refractivity contribution in [2.75, 3.05) is 0 Å². The molecule has 212 valence electrons. The van der Waals surface area contributed by atoms with Crippen molar-refractivity contribution in [1.82, 2.24) is 21.3 Å². The SMILES string of the molecule is CCCCCCC1(CC2CCC(CC3(CCCCCC)C(=O)NC(=O)NC3=O)CC2)C(=O)NC(=O)NC1=O. The van der Waals surface area contributed by atoms with Crippen LogP contribution in [0.5, 0.6) is 0 Å². The molecule has 2 heterocycles. The number of unbranched alkanes of at least 4 members (excludes halogenated alkanes) is 6. The lowest BCUT2D eigenvalue weighted by Crippen LogP contribution is -2.63. The molecule has 0 aromatic carbocycles. The molecule has 4 N–H and O–H groups in total. The number of imide groups is 4. The molecule has 3 fully saturated rings. The molecule has 0 atom stereocenters. The lowest BCUT2D eigenvalue weighted by molar-refractivity contribution is -0.149. The molecule has 0 aromatic rings. The van der Waals surface area contributed by atoms with Crippen LogP contribution in [0.3, 0.4) is 0 Å². The second-order valence-corrected chi connectivity index (χ2v) is 11.6. The first-order valence-electron chi connectivity index (χ1n) is 14.5. The third kappa shape index (κ3) is 6.80. The quantitative estimate of drug-likeness (QED) is 0.194. The predicted octanol–water partition coefficient (Wildman–Crippen LogP) is 4.22. The number of rotatable bonds is 14. The van der Waals surface area contributed by atoms with Crippen LogP contribution < -0.4 is 21.3 Å². The van der Waals surface area contributed by atoms with Gasteiger partial charge in [0.25, 0.3) is 0 Å². The van der Waals surface area contributed by atoms with Gasteiger partial charge in [-0.3, -0.25) is 40.4 Å². The molecule has 0 bridgehead atoms. The summed E-state index contributed by atoms with van der Waals surface area (Å²) in [7, 11) is 0. The molecule has 0 spiro atoms. The van der Waals surface area contributed by atoms with Gasteiger partial charge in [-0.05, 0) is 37.5 Å². The summed E-state index contributed by atoms with van der Waals surface area (Å²) in [6, 6.07) is -1.53. The standard InChI is InChI=1S/C28H44N4O6/c1-3-5-7-9-15-27(21(33)29-25(37)30-22(27)34)17-19-11-13-20(14-12-19)18-28(16-10-8-6-4-2)23(35)31-26(38)32-24(28)36/h19-20H,3-18H2,1-2H3,(H2,29,30,33,34,37)(H2,31,32,35,36,38). The average molecular weight is 533 g/mol. The van der Waals surface area contributed by atoms with Gasteiger partial charge in [0.1, 0.15) is 10.8 Å². The van der Waals surface area contributed by atoms with Crippen LogP contribution in [0.25, 0.3) is 0 Å². The fourth-order valence-corrected chi connectivity index (χ4v) is 6.52. The number of hydrogen-bond acceptors (Lipinski definition) is 6. The summed E-state index contributed by atoms with van der Waals surface area (Å²) in [5.74, 6) is -1.77. The van der Waals surface area contributed by atoms with Crippen LogP contribution in [-0.2, 0) is 19.2 Å². The number of hydrogen-bond donors (Lipinski definition) is 4. The summed E-state index contributed by atoms with van der Waals surface area (Å²) in [4.78, 5) is 75.4. The molecule has 38 heavy (non-hydrogen) atoms. The minimum absolute atomic E-state index is 0.123. The smallest absolute Gasteiger partial charge is 0.277 e. The molecule has 0 aromatic heterocycles. The van der Waals surface area contributed by atoms with Gasteiger partial charge in [-0.1, -0.05) is 90.9 Å². The van der Waals surface area contributed by atoms with Crippen molar-refractivity contribution in [3.8, 4) is 0 Å². The average Bonchev–Trinajstić information content (AvgIpc) is 2.86. The van der Waals surface area contributed by atoms with Gasteiger partial charge in [0.15, 0.2) is 0 Å². The van der Waals surface area contributed by atoms with Crippen LogP contribution in [0.4, 0.5) is 9.59 Å². The Hall–Kier alpha value is -2.78. The lowest BCUT2D eigenvalue weighted by atomic mass is 9.65.